The fraction of sp³-hybridized carbons (Fsp3) is 0.933. The lowest BCUT2D eigenvalue weighted by atomic mass is 9.85. The number of carbonyl (C=O) groups excluding carboxylic acids is 1. The largest absolute Gasteiger partial charge is 0.465 e. The van der Waals surface area contributed by atoms with Crippen LogP contribution in [0.3, 0.4) is 0 Å². The predicted molar refractivity (Wildman–Crippen MR) is 75.7 cm³/mol. The van der Waals surface area contributed by atoms with Crippen molar-refractivity contribution in [3.8, 4) is 0 Å². The standard InChI is InChI=1S/C15H28N2O2/c1-3-19-14(18)15(16)9-4-5-13(15)8-10-17(2)11-12-6-7-12/h12-13H,3-11,16H2,1-2H3. The maximum absolute atomic E-state index is 12.0. The molecule has 19 heavy (non-hydrogen) atoms. The van der Waals surface area contributed by atoms with Gasteiger partial charge in [0.1, 0.15) is 5.54 Å². The van der Waals surface area contributed by atoms with E-state index < -0.39 is 5.54 Å². The Morgan fingerprint density at radius 3 is 2.79 bits per heavy atom. The number of nitrogens with two attached hydrogens (primary N) is 1. The van der Waals surface area contributed by atoms with Crippen molar-refractivity contribution in [3.05, 3.63) is 0 Å². The number of esters is 1. The highest BCUT2D eigenvalue weighted by molar-refractivity contribution is 5.81. The third kappa shape index (κ3) is 3.69. The predicted octanol–water partition coefficient (Wildman–Crippen LogP) is 1.78. The van der Waals surface area contributed by atoms with Crippen molar-refractivity contribution in [2.75, 3.05) is 26.7 Å². The molecule has 0 aliphatic heterocycles. The van der Waals surface area contributed by atoms with Gasteiger partial charge < -0.3 is 15.4 Å². The minimum atomic E-state index is -0.726. The Morgan fingerprint density at radius 1 is 1.42 bits per heavy atom. The van der Waals surface area contributed by atoms with Crippen LogP contribution in [0.15, 0.2) is 0 Å². The van der Waals surface area contributed by atoms with Crippen LogP contribution in [-0.4, -0.2) is 43.2 Å². The van der Waals surface area contributed by atoms with Crippen LogP contribution in [-0.2, 0) is 9.53 Å². The van der Waals surface area contributed by atoms with E-state index in [2.05, 4.69) is 11.9 Å². The monoisotopic (exact) mass is 268 g/mol. The molecule has 2 unspecified atom stereocenters. The molecule has 0 spiro atoms. The van der Waals surface area contributed by atoms with Gasteiger partial charge in [-0.05, 0) is 64.5 Å². The van der Waals surface area contributed by atoms with E-state index in [1.165, 1.54) is 19.4 Å². The van der Waals surface area contributed by atoms with Crippen molar-refractivity contribution in [3.63, 3.8) is 0 Å². The average Bonchev–Trinajstić information content (AvgIpc) is 3.09. The Bertz CT molecular complexity index is 317. The lowest BCUT2D eigenvalue weighted by molar-refractivity contribution is -0.151. The second kappa shape index (κ2) is 6.23. The molecule has 4 nitrogen and oxygen atoms in total. The summed E-state index contributed by atoms with van der Waals surface area (Å²) in [5.74, 6) is 1.01. The third-order valence-corrected chi connectivity index (χ3v) is 4.65. The SMILES string of the molecule is CCOC(=O)C1(N)CCCC1CCN(C)CC1CC1. The zero-order valence-electron chi connectivity index (χ0n) is 12.4. The molecule has 0 radical (unpaired) electrons. The molecule has 110 valence electrons. The number of rotatable bonds is 7. The van der Waals surface area contributed by atoms with Crippen molar-refractivity contribution < 1.29 is 9.53 Å². The minimum absolute atomic E-state index is 0.192. The maximum Gasteiger partial charge on any atom is 0.326 e. The van der Waals surface area contributed by atoms with Gasteiger partial charge in [0.25, 0.3) is 0 Å². The topological polar surface area (TPSA) is 55.6 Å². The molecule has 0 heterocycles. The Labute approximate surface area is 116 Å². The van der Waals surface area contributed by atoms with E-state index in [1.54, 1.807) is 0 Å². The Hall–Kier alpha value is -0.610. The van der Waals surface area contributed by atoms with Crippen molar-refractivity contribution in [1.82, 2.24) is 4.90 Å². The number of carbonyl (C=O) groups is 1. The average molecular weight is 268 g/mol. The van der Waals surface area contributed by atoms with Gasteiger partial charge in [0.2, 0.25) is 0 Å². The van der Waals surface area contributed by atoms with Gasteiger partial charge in [-0.2, -0.15) is 0 Å². The summed E-state index contributed by atoms with van der Waals surface area (Å²) in [6.07, 6.45) is 6.68. The third-order valence-electron chi connectivity index (χ3n) is 4.65. The molecule has 0 amide bonds. The summed E-state index contributed by atoms with van der Waals surface area (Å²) in [6.45, 7) is 4.50. The molecule has 0 aromatic heterocycles. The molecule has 4 heteroatoms. The van der Waals surface area contributed by atoms with Crippen LogP contribution in [0, 0.1) is 11.8 Å². The van der Waals surface area contributed by atoms with Gasteiger partial charge in [-0.25, -0.2) is 0 Å². The zero-order chi connectivity index (χ0) is 13.9. The summed E-state index contributed by atoms with van der Waals surface area (Å²) < 4.78 is 5.16. The van der Waals surface area contributed by atoms with Gasteiger partial charge in [0.15, 0.2) is 0 Å². The smallest absolute Gasteiger partial charge is 0.326 e. The Kier molecular flexibility index (Phi) is 4.85. The fourth-order valence-electron chi connectivity index (χ4n) is 3.25. The van der Waals surface area contributed by atoms with Crippen molar-refractivity contribution in [2.45, 2.75) is 51.0 Å². The summed E-state index contributed by atoms with van der Waals surface area (Å²) in [5, 5.41) is 0. The van der Waals surface area contributed by atoms with Crippen LogP contribution in [0.5, 0.6) is 0 Å². The minimum Gasteiger partial charge on any atom is -0.465 e. The zero-order valence-corrected chi connectivity index (χ0v) is 12.4. The van der Waals surface area contributed by atoms with E-state index in [0.29, 0.717) is 6.61 Å². The molecule has 2 rings (SSSR count). The molecule has 0 aromatic carbocycles. The first-order valence-corrected chi connectivity index (χ1v) is 7.71. The quantitative estimate of drug-likeness (QED) is 0.715. The number of hydrogen-bond acceptors (Lipinski definition) is 4. The molecule has 2 N–H and O–H groups in total. The number of hydrogen-bond donors (Lipinski definition) is 1. The van der Waals surface area contributed by atoms with Gasteiger partial charge in [-0.1, -0.05) is 6.42 Å². The van der Waals surface area contributed by atoms with Crippen molar-refractivity contribution in [1.29, 1.82) is 0 Å². The lowest BCUT2D eigenvalue weighted by Gasteiger charge is -2.30. The van der Waals surface area contributed by atoms with Gasteiger partial charge >= 0.3 is 5.97 Å². The molecule has 2 fully saturated rings. The van der Waals surface area contributed by atoms with Crippen LogP contribution in [0.1, 0.15) is 45.4 Å². The summed E-state index contributed by atoms with van der Waals surface area (Å²) in [7, 11) is 2.18. The highest BCUT2D eigenvalue weighted by atomic mass is 16.5. The lowest BCUT2D eigenvalue weighted by Crippen LogP contribution is -2.52. The molecule has 2 aliphatic carbocycles. The van der Waals surface area contributed by atoms with E-state index in [1.807, 2.05) is 6.92 Å². The molecule has 2 atom stereocenters. The molecular formula is C15H28N2O2. The van der Waals surface area contributed by atoms with E-state index >= 15 is 0 Å². The van der Waals surface area contributed by atoms with E-state index in [-0.39, 0.29) is 11.9 Å². The van der Waals surface area contributed by atoms with E-state index in [4.69, 9.17) is 10.5 Å². The fourth-order valence-corrected chi connectivity index (χ4v) is 3.25. The van der Waals surface area contributed by atoms with E-state index in [0.717, 1.165) is 38.1 Å². The van der Waals surface area contributed by atoms with Crippen molar-refractivity contribution in [2.24, 2.45) is 17.6 Å². The molecular weight excluding hydrogens is 240 g/mol. The summed E-state index contributed by atoms with van der Waals surface area (Å²) >= 11 is 0. The van der Waals surface area contributed by atoms with Crippen molar-refractivity contribution >= 4 is 5.97 Å². The van der Waals surface area contributed by atoms with Gasteiger partial charge in [0.05, 0.1) is 6.61 Å². The number of nitrogens with zero attached hydrogens (tertiary/aromatic N) is 1. The van der Waals surface area contributed by atoms with E-state index in [9.17, 15) is 4.79 Å². The van der Waals surface area contributed by atoms with Crippen LogP contribution >= 0.6 is 0 Å². The first-order chi connectivity index (χ1) is 9.06. The van der Waals surface area contributed by atoms with Gasteiger partial charge in [-0.15, -0.1) is 0 Å². The first kappa shape index (κ1) is 14.8. The van der Waals surface area contributed by atoms with Gasteiger partial charge in [0, 0.05) is 6.54 Å². The molecule has 2 saturated carbocycles. The molecule has 2 aliphatic rings. The van der Waals surface area contributed by atoms with Crippen LogP contribution in [0.25, 0.3) is 0 Å². The summed E-state index contributed by atoms with van der Waals surface area (Å²) in [6, 6.07) is 0. The highest BCUT2D eigenvalue weighted by Gasteiger charge is 2.46. The summed E-state index contributed by atoms with van der Waals surface area (Å²) in [5.41, 5.74) is 5.61. The van der Waals surface area contributed by atoms with Crippen LogP contribution in [0.2, 0.25) is 0 Å². The Morgan fingerprint density at radius 2 is 2.16 bits per heavy atom. The van der Waals surface area contributed by atoms with Crippen LogP contribution in [0.4, 0.5) is 0 Å². The van der Waals surface area contributed by atoms with Crippen LogP contribution < -0.4 is 5.73 Å². The molecule has 0 saturated heterocycles. The maximum atomic E-state index is 12.0. The molecule has 0 bridgehead atoms. The first-order valence-electron chi connectivity index (χ1n) is 7.71. The second-order valence-corrected chi connectivity index (χ2v) is 6.34. The van der Waals surface area contributed by atoms with Gasteiger partial charge in [-0.3, -0.25) is 4.79 Å². The molecule has 0 aromatic rings. The number of ether oxygens (including phenoxy) is 1. The highest BCUT2D eigenvalue weighted by Crippen LogP contribution is 2.37. The summed E-state index contributed by atoms with van der Waals surface area (Å²) in [4.78, 5) is 14.4. The normalized spacial score (nSPS) is 30.8. The second-order valence-electron chi connectivity index (χ2n) is 6.34. The Balaban J connectivity index is 1.81.